The minimum atomic E-state index is -4.86. The van der Waals surface area contributed by atoms with E-state index in [0.29, 0.717) is 24.3 Å². The summed E-state index contributed by atoms with van der Waals surface area (Å²) in [5.74, 6) is -1.25. The van der Waals surface area contributed by atoms with Crippen LogP contribution in [0.2, 0.25) is 0 Å². The summed E-state index contributed by atoms with van der Waals surface area (Å²) in [4.78, 5) is 10.7. The topological polar surface area (TPSA) is 17.1 Å². The van der Waals surface area contributed by atoms with E-state index in [1.165, 1.54) is 0 Å². The molecular weight excluding hydrogens is 329 g/mol. The lowest BCUT2D eigenvalue weighted by atomic mass is 9.98. The van der Waals surface area contributed by atoms with Crippen LogP contribution in [0.3, 0.4) is 0 Å². The van der Waals surface area contributed by atoms with E-state index in [4.69, 9.17) is 0 Å². The van der Waals surface area contributed by atoms with Gasteiger partial charge in [0.25, 0.3) is 0 Å². The average molecular weight is 336 g/mol. The summed E-state index contributed by atoms with van der Waals surface area (Å²) in [6.07, 6.45) is -9.53. The second-order valence-electron chi connectivity index (χ2n) is 4.69. The molecular formula is C15H7F7O. The molecule has 0 atom stereocenters. The van der Waals surface area contributed by atoms with Gasteiger partial charge in [-0.3, -0.25) is 4.79 Å². The van der Waals surface area contributed by atoms with Crippen molar-refractivity contribution in [3.8, 4) is 11.1 Å². The van der Waals surface area contributed by atoms with Gasteiger partial charge in [-0.2, -0.15) is 26.3 Å². The van der Waals surface area contributed by atoms with Crippen LogP contribution in [0, 0.1) is 5.82 Å². The molecule has 0 N–H and O–H groups in total. The molecule has 0 bridgehead atoms. The lowest BCUT2D eigenvalue weighted by Gasteiger charge is -2.12. The van der Waals surface area contributed by atoms with Gasteiger partial charge in [0.2, 0.25) is 0 Å². The van der Waals surface area contributed by atoms with Crippen LogP contribution in [-0.2, 0) is 12.4 Å². The molecule has 0 aliphatic heterocycles. The number of aldehydes is 1. The fourth-order valence-electron chi connectivity index (χ4n) is 1.97. The molecule has 2 aromatic rings. The third kappa shape index (κ3) is 3.88. The molecule has 0 aliphatic rings. The summed E-state index contributed by atoms with van der Waals surface area (Å²) in [6.45, 7) is 0. The Morgan fingerprint density at radius 2 is 1.17 bits per heavy atom. The van der Waals surface area contributed by atoms with E-state index in [9.17, 15) is 35.5 Å². The molecule has 2 aromatic carbocycles. The Bertz CT molecular complexity index is 744. The average Bonchev–Trinajstić information content (AvgIpc) is 2.44. The summed E-state index contributed by atoms with van der Waals surface area (Å²) in [5.41, 5.74) is -3.68. The fourth-order valence-corrected chi connectivity index (χ4v) is 1.97. The first kappa shape index (κ1) is 17.0. The number of carbonyl (C=O) groups is 1. The molecule has 23 heavy (non-hydrogen) atoms. The minimum Gasteiger partial charge on any atom is -0.298 e. The van der Waals surface area contributed by atoms with Crippen LogP contribution in [0.25, 0.3) is 11.1 Å². The lowest BCUT2D eigenvalue weighted by Crippen LogP contribution is -2.07. The van der Waals surface area contributed by atoms with E-state index >= 15 is 0 Å². The van der Waals surface area contributed by atoms with Crippen LogP contribution in [0.1, 0.15) is 21.5 Å². The van der Waals surface area contributed by atoms with Crippen molar-refractivity contribution in [2.45, 2.75) is 12.4 Å². The predicted octanol–water partition coefficient (Wildman–Crippen LogP) is 5.34. The fraction of sp³-hybridized carbons (Fsp3) is 0.133. The summed E-state index contributed by atoms with van der Waals surface area (Å²) >= 11 is 0. The monoisotopic (exact) mass is 336 g/mol. The number of hydrogen-bond acceptors (Lipinski definition) is 1. The first-order valence-electron chi connectivity index (χ1n) is 6.06. The molecule has 0 aromatic heterocycles. The Labute approximate surface area is 125 Å². The quantitative estimate of drug-likeness (QED) is 0.534. The number of carbonyl (C=O) groups excluding carboxylic acids is 1. The third-order valence-corrected chi connectivity index (χ3v) is 2.98. The predicted molar refractivity (Wildman–Crippen MR) is 67.2 cm³/mol. The summed E-state index contributed by atoms with van der Waals surface area (Å²) in [7, 11) is 0. The molecule has 0 heterocycles. The number of halogens is 7. The van der Waals surface area contributed by atoms with Gasteiger partial charge in [0.05, 0.1) is 11.1 Å². The van der Waals surface area contributed by atoms with Crippen molar-refractivity contribution < 1.29 is 35.5 Å². The normalized spacial score (nSPS) is 12.3. The molecule has 0 aliphatic carbocycles. The Hall–Kier alpha value is -2.38. The highest BCUT2D eigenvalue weighted by atomic mass is 19.4. The van der Waals surface area contributed by atoms with Crippen molar-refractivity contribution in [2.75, 3.05) is 0 Å². The van der Waals surface area contributed by atoms with Crippen LogP contribution in [0.4, 0.5) is 30.7 Å². The zero-order valence-corrected chi connectivity index (χ0v) is 11.1. The largest absolute Gasteiger partial charge is 0.416 e. The van der Waals surface area contributed by atoms with Crippen LogP contribution < -0.4 is 0 Å². The van der Waals surface area contributed by atoms with Gasteiger partial charge in [0.15, 0.2) is 0 Å². The smallest absolute Gasteiger partial charge is 0.298 e. The number of hydrogen-bond donors (Lipinski definition) is 0. The van der Waals surface area contributed by atoms with E-state index in [1.54, 1.807) is 0 Å². The Morgan fingerprint density at radius 3 is 1.65 bits per heavy atom. The molecule has 0 spiro atoms. The van der Waals surface area contributed by atoms with Crippen molar-refractivity contribution in [2.24, 2.45) is 0 Å². The molecule has 0 fully saturated rings. The van der Waals surface area contributed by atoms with Crippen LogP contribution in [0.5, 0.6) is 0 Å². The van der Waals surface area contributed by atoms with Crippen molar-refractivity contribution in [3.05, 3.63) is 58.9 Å². The zero-order valence-electron chi connectivity index (χ0n) is 11.1. The zero-order chi connectivity index (χ0) is 17.4. The maximum Gasteiger partial charge on any atom is 0.416 e. The minimum absolute atomic E-state index is 0.128. The van der Waals surface area contributed by atoms with Gasteiger partial charge in [-0.1, -0.05) is 0 Å². The van der Waals surface area contributed by atoms with Crippen molar-refractivity contribution >= 4 is 6.29 Å². The molecule has 1 nitrogen and oxygen atoms in total. The van der Waals surface area contributed by atoms with Gasteiger partial charge >= 0.3 is 12.4 Å². The van der Waals surface area contributed by atoms with E-state index in [0.717, 1.165) is 6.07 Å². The SMILES string of the molecule is O=Cc1cc(-c2cc(F)cc(C(F)(F)F)c2)cc(C(F)(F)F)c1. The van der Waals surface area contributed by atoms with Crippen LogP contribution in [-0.4, -0.2) is 6.29 Å². The first-order valence-corrected chi connectivity index (χ1v) is 6.06. The highest BCUT2D eigenvalue weighted by molar-refractivity contribution is 5.80. The van der Waals surface area contributed by atoms with Crippen LogP contribution >= 0.6 is 0 Å². The van der Waals surface area contributed by atoms with Crippen molar-refractivity contribution in [1.82, 2.24) is 0 Å². The summed E-state index contributed by atoms with van der Waals surface area (Å²) < 4.78 is 89.7. The van der Waals surface area contributed by atoms with Gasteiger partial charge in [0.1, 0.15) is 12.1 Å². The van der Waals surface area contributed by atoms with E-state index in [1.807, 2.05) is 0 Å². The molecule has 8 heteroatoms. The molecule has 122 valence electrons. The number of benzene rings is 2. The van der Waals surface area contributed by atoms with E-state index < -0.39 is 34.9 Å². The maximum atomic E-state index is 13.4. The number of alkyl halides is 6. The molecule has 2 rings (SSSR count). The van der Waals surface area contributed by atoms with Gasteiger partial charge < -0.3 is 0 Å². The first-order chi connectivity index (χ1) is 10.5. The molecule has 0 unspecified atom stereocenters. The Balaban J connectivity index is 2.67. The molecule has 0 saturated carbocycles. The highest BCUT2D eigenvalue weighted by Crippen LogP contribution is 2.36. The van der Waals surface area contributed by atoms with Crippen LogP contribution in [0.15, 0.2) is 36.4 Å². The van der Waals surface area contributed by atoms with Gasteiger partial charge in [-0.25, -0.2) is 4.39 Å². The summed E-state index contributed by atoms with van der Waals surface area (Å²) in [6, 6.07) is 3.49. The summed E-state index contributed by atoms with van der Waals surface area (Å²) in [5, 5.41) is 0. The second-order valence-corrected chi connectivity index (χ2v) is 4.69. The maximum absolute atomic E-state index is 13.4. The second kappa shape index (κ2) is 5.68. The van der Waals surface area contributed by atoms with Gasteiger partial charge in [-0.15, -0.1) is 0 Å². The van der Waals surface area contributed by atoms with Crippen molar-refractivity contribution in [1.29, 1.82) is 0 Å². The van der Waals surface area contributed by atoms with Crippen molar-refractivity contribution in [3.63, 3.8) is 0 Å². The highest BCUT2D eigenvalue weighted by Gasteiger charge is 2.33. The Kier molecular flexibility index (Phi) is 4.19. The lowest BCUT2D eigenvalue weighted by molar-refractivity contribution is -0.138. The van der Waals surface area contributed by atoms with E-state index in [-0.39, 0.29) is 23.5 Å². The van der Waals surface area contributed by atoms with Gasteiger partial charge in [0, 0.05) is 5.56 Å². The Morgan fingerprint density at radius 1 is 0.696 bits per heavy atom. The standard InChI is InChI=1S/C15H7F7O/c16-13-5-10(4-12(6-13)15(20,21)22)9-1-8(7-23)2-11(3-9)14(17,18)19/h1-7H. The third-order valence-electron chi connectivity index (χ3n) is 2.98. The molecule has 0 saturated heterocycles. The van der Waals surface area contributed by atoms with Gasteiger partial charge in [-0.05, 0) is 47.5 Å². The molecule has 0 radical (unpaired) electrons. The molecule has 0 amide bonds. The number of rotatable bonds is 2. The van der Waals surface area contributed by atoms with E-state index in [2.05, 4.69) is 0 Å².